The Kier molecular flexibility index (Phi) is 6.12. The minimum absolute atomic E-state index is 0.0940. The Morgan fingerprint density at radius 2 is 2.17 bits per heavy atom. The number of thiocarbonyl (C=S) groups is 1. The van der Waals surface area contributed by atoms with Crippen molar-refractivity contribution < 1.29 is 5.11 Å². The molecule has 0 saturated heterocycles. The number of aliphatic hydroxyl groups is 1. The molecule has 2 rings (SSSR count). The summed E-state index contributed by atoms with van der Waals surface area (Å²) in [4.78, 5) is 17.1. The number of aromatic nitrogens is 1. The van der Waals surface area contributed by atoms with E-state index in [4.69, 9.17) is 17.3 Å². The number of hydrogen-bond acceptors (Lipinski definition) is 3. The van der Waals surface area contributed by atoms with Crippen molar-refractivity contribution in [1.82, 2.24) is 15.2 Å². The average molecular weight is 333 g/mol. The topological polar surface area (TPSA) is 68.4 Å². The summed E-state index contributed by atoms with van der Waals surface area (Å²) in [7, 11) is 1.76. The molecule has 5 nitrogen and oxygen atoms in total. The van der Waals surface area contributed by atoms with E-state index in [-0.39, 0.29) is 12.2 Å². The van der Waals surface area contributed by atoms with Crippen LogP contribution in [0.25, 0.3) is 10.9 Å². The molecular weight excluding hydrogens is 310 g/mol. The van der Waals surface area contributed by atoms with E-state index in [0.717, 1.165) is 17.3 Å². The van der Waals surface area contributed by atoms with Crippen LogP contribution < -0.4 is 10.9 Å². The molecular formula is C17H23N3O2S. The van der Waals surface area contributed by atoms with E-state index in [9.17, 15) is 4.79 Å². The van der Waals surface area contributed by atoms with Crippen molar-refractivity contribution >= 4 is 28.2 Å². The summed E-state index contributed by atoms with van der Waals surface area (Å²) < 4.78 is 0. The Hall–Kier alpha value is -1.92. The van der Waals surface area contributed by atoms with Crippen molar-refractivity contribution in [1.29, 1.82) is 0 Å². The van der Waals surface area contributed by atoms with Gasteiger partial charge in [0.05, 0.1) is 6.54 Å². The molecule has 0 fully saturated rings. The lowest BCUT2D eigenvalue weighted by Gasteiger charge is -2.24. The minimum atomic E-state index is -0.102. The Labute approximate surface area is 141 Å². The van der Waals surface area contributed by atoms with E-state index in [1.807, 2.05) is 23.1 Å². The summed E-state index contributed by atoms with van der Waals surface area (Å²) in [6.45, 7) is 3.22. The molecule has 124 valence electrons. The van der Waals surface area contributed by atoms with Gasteiger partial charge in [-0.1, -0.05) is 13.0 Å². The van der Waals surface area contributed by atoms with Crippen LogP contribution in [0.5, 0.6) is 0 Å². The molecule has 0 unspecified atom stereocenters. The van der Waals surface area contributed by atoms with Crippen LogP contribution in [0.2, 0.25) is 0 Å². The summed E-state index contributed by atoms with van der Waals surface area (Å²) >= 11 is 5.29. The highest BCUT2D eigenvalue weighted by Gasteiger charge is 2.12. The normalized spacial score (nSPS) is 10.7. The molecule has 0 aliphatic rings. The van der Waals surface area contributed by atoms with Gasteiger partial charge in [0, 0.05) is 31.3 Å². The molecule has 0 aliphatic heterocycles. The number of aliphatic hydroxyl groups excluding tert-OH is 1. The third kappa shape index (κ3) is 4.30. The fraction of sp³-hybridized carbons (Fsp3) is 0.412. The van der Waals surface area contributed by atoms with Crippen molar-refractivity contribution in [2.24, 2.45) is 0 Å². The molecule has 1 aromatic carbocycles. The second-order valence-corrected chi connectivity index (χ2v) is 5.84. The van der Waals surface area contributed by atoms with Crippen LogP contribution in [0.3, 0.4) is 0 Å². The Balaban J connectivity index is 2.34. The van der Waals surface area contributed by atoms with Crippen molar-refractivity contribution in [3.8, 4) is 0 Å². The van der Waals surface area contributed by atoms with Crippen LogP contribution in [0, 0.1) is 0 Å². The Bertz CT molecular complexity index is 742. The maximum Gasteiger partial charge on any atom is 0.253 e. The van der Waals surface area contributed by atoms with Crippen LogP contribution in [0.4, 0.5) is 0 Å². The molecule has 2 aromatic rings. The van der Waals surface area contributed by atoms with Crippen molar-refractivity contribution in [3.63, 3.8) is 0 Å². The highest BCUT2D eigenvalue weighted by molar-refractivity contribution is 7.80. The zero-order valence-electron chi connectivity index (χ0n) is 13.6. The maximum atomic E-state index is 12.3. The first-order valence-corrected chi connectivity index (χ1v) is 8.22. The van der Waals surface area contributed by atoms with Gasteiger partial charge in [0.1, 0.15) is 0 Å². The van der Waals surface area contributed by atoms with E-state index in [2.05, 4.69) is 23.3 Å². The van der Waals surface area contributed by atoms with Gasteiger partial charge in [-0.25, -0.2) is 0 Å². The number of rotatable bonds is 6. The van der Waals surface area contributed by atoms with E-state index in [0.29, 0.717) is 30.2 Å². The van der Waals surface area contributed by atoms with Gasteiger partial charge in [-0.15, -0.1) is 0 Å². The van der Waals surface area contributed by atoms with Gasteiger partial charge in [0.2, 0.25) is 0 Å². The number of H-pyrrole nitrogens is 1. The first kappa shape index (κ1) is 17.4. The zero-order chi connectivity index (χ0) is 16.8. The van der Waals surface area contributed by atoms with Crippen molar-refractivity contribution in [3.05, 3.63) is 45.7 Å². The SMILES string of the molecule is CCc1ccc2[nH]c(=O)c(CN(CCCO)C(=S)NC)cc2c1. The van der Waals surface area contributed by atoms with Gasteiger partial charge in [0.15, 0.2) is 5.11 Å². The molecule has 0 amide bonds. The number of hydrogen-bond donors (Lipinski definition) is 3. The van der Waals surface area contributed by atoms with Gasteiger partial charge in [-0.2, -0.15) is 0 Å². The van der Waals surface area contributed by atoms with E-state index in [1.54, 1.807) is 7.05 Å². The van der Waals surface area contributed by atoms with E-state index >= 15 is 0 Å². The third-order valence-corrected chi connectivity index (χ3v) is 4.30. The number of aromatic amines is 1. The summed E-state index contributed by atoms with van der Waals surface area (Å²) in [6.07, 6.45) is 1.56. The maximum absolute atomic E-state index is 12.3. The van der Waals surface area contributed by atoms with Crippen molar-refractivity contribution in [2.75, 3.05) is 20.2 Å². The number of nitrogens with one attached hydrogen (secondary N) is 2. The van der Waals surface area contributed by atoms with E-state index in [1.165, 1.54) is 5.56 Å². The number of pyridine rings is 1. The van der Waals surface area contributed by atoms with Gasteiger partial charge in [0.25, 0.3) is 5.56 Å². The molecule has 23 heavy (non-hydrogen) atoms. The van der Waals surface area contributed by atoms with Gasteiger partial charge in [-0.3, -0.25) is 4.79 Å². The summed E-state index contributed by atoms with van der Waals surface area (Å²) in [5.41, 5.74) is 2.64. The van der Waals surface area contributed by atoms with Gasteiger partial charge >= 0.3 is 0 Å². The summed E-state index contributed by atoms with van der Waals surface area (Å²) in [5.74, 6) is 0. The predicted octanol–water partition coefficient (Wildman–Crippen LogP) is 1.78. The summed E-state index contributed by atoms with van der Waals surface area (Å²) in [6, 6.07) is 8.00. The first-order valence-electron chi connectivity index (χ1n) is 7.81. The fourth-order valence-electron chi connectivity index (χ4n) is 2.52. The molecule has 1 aromatic heterocycles. The number of nitrogens with zero attached hydrogens (tertiary/aromatic N) is 1. The average Bonchev–Trinajstić information content (AvgIpc) is 2.57. The lowest BCUT2D eigenvalue weighted by atomic mass is 10.1. The number of fused-ring (bicyclic) bond motifs is 1. The second-order valence-electron chi connectivity index (χ2n) is 5.45. The minimum Gasteiger partial charge on any atom is -0.396 e. The molecule has 0 atom stereocenters. The van der Waals surface area contributed by atoms with Crippen molar-refractivity contribution in [2.45, 2.75) is 26.3 Å². The van der Waals surface area contributed by atoms with Crippen LogP contribution in [-0.4, -0.2) is 40.3 Å². The highest BCUT2D eigenvalue weighted by atomic mass is 32.1. The zero-order valence-corrected chi connectivity index (χ0v) is 14.4. The molecule has 1 heterocycles. The van der Waals surface area contributed by atoms with E-state index < -0.39 is 0 Å². The molecule has 0 bridgehead atoms. The molecule has 0 aliphatic carbocycles. The predicted molar refractivity (Wildman–Crippen MR) is 97.7 cm³/mol. The molecule has 3 N–H and O–H groups in total. The largest absolute Gasteiger partial charge is 0.396 e. The monoisotopic (exact) mass is 333 g/mol. The quantitative estimate of drug-likeness (QED) is 0.703. The van der Waals surface area contributed by atoms with Crippen LogP contribution in [0.1, 0.15) is 24.5 Å². The summed E-state index contributed by atoms with van der Waals surface area (Å²) in [5, 5.41) is 13.6. The van der Waals surface area contributed by atoms with Crippen LogP contribution in [0.15, 0.2) is 29.1 Å². The number of benzene rings is 1. The second kappa shape index (κ2) is 8.08. The smallest absolute Gasteiger partial charge is 0.253 e. The standard InChI is InChI=1S/C17H23N3O2S/c1-3-12-5-6-15-13(9-12)10-14(16(22)19-15)11-20(7-4-8-21)17(23)18-2/h5-6,9-10,21H,3-4,7-8,11H2,1-2H3,(H,18,23)(H,19,22). The number of aryl methyl sites for hydroxylation is 1. The highest BCUT2D eigenvalue weighted by Crippen LogP contribution is 2.15. The van der Waals surface area contributed by atoms with Gasteiger partial charge < -0.3 is 20.3 Å². The lowest BCUT2D eigenvalue weighted by Crippen LogP contribution is -2.39. The fourth-order valence-corrected chi connectivity index (χ4v) is 2.67. The molecule has 0 spiro atoms. The molecule has 6 heteroatoms. The van der Waals surface area contributed by atoms with Crippen LogP contribution in [-0.2, 0) is 13.0 Å². The van der Waals surface area contributed by atoms with Crippen LogP contribution >= 0.6 is 12.2 Å². The Morgan fingerprint density at radius 3 is 2.83 bits per heavy atom. The first-order chi connectivity index (χ1) is 11.1. The van der Waals surface area contributed by atoms with Gasteiger partial charge in [-0.05, 0) is 54.2 Å². The third-order valence-electron chi connectivity index (χ3n) is 3.84. The Morgan fingerprint density at radius 1 is 1.39 bits per heavy atom. The lowest BCUT2D eigenvalue weighted by molar-refractivity contribution is 0.264. The molecule has 0 saturated carbocycles. The molecule has 0 radical (unpaired) electrons.